The van der Waals surface area contributed by atoms with Gasteiger partial charge in [-0.15, -0.1) is 6.58 Å². The molecule has 0 radical (unpaired) electrons. The fraction of sp³-hybridized carbons (Fsp3) is 0.833. The second kappa shape index (κ2) is 19.8. The number of ether oxygens (including phenoxy) is 5. The van der Waals surface area contributed by atoms with Crippen molar-refractivity contribution in [2.75, 3.05) is 66.0 Å². The zero-order chi connectivity index (χ0) is 24.2. The summed E-state index contributed by atoms with van der Waals surface area (Å²) in [5.41, 5.74) is 0. The Balaban J connectivity index is 1.87. The molecule has 192 valence electrons. The quantitative estimate of drug-likeness (QED) is 0.172. The van der Waals surface area contributed by atoms with Crippen molar-refractivity contribution in [1.29, 1.82) is 0 Å². The third-order valence-electron chi connectivity index (χ3n) is 5.60. The number of hydrogen-bond acceptors (Lipinski definition) is 7. The van der Waals surface area contributed by atoms with Crippen LogP contribution in [-0.4, -0.2) is 83.2 Å². The lowest BCUT2D eigenvalue weighted by Gasteiger charge is -2.09. The van der Waals surface area contributed by atoms with E-state index in [1.54, 1.807) is 0 Å². The Morgan fingerprint density at radius 3 is 2.03 bits per heavy atom. The molecule has 3 atom stereocenters. The number of carbonyl (C=O) groups excluding carboxylic acids is 1. The number of amides is 1. The number of nitrogens with one attached hydrogen (secondary N) is 1. The standard InChI is InChI=1S/C24H43NO8/c1-3-5-7-20-21(8-6-4-2)22(20)19-33-24(28)25-10-12-30-14-16-32-18-17-31-15-13-29-11-9-23(26)27/h3,20-22H,1,4-19H2,2H3,(H,25,28)(H,26,27)/t20-,21+,22-/m0/s1. The molecule has 0 bridgehead atoms. The Bertz CT molecular complexity index is 531. The van der Waals surface area contributed by atoms with Crippen LogP contribution in [0.5, 0.6) is 0 Å². The second-order valence-corrected chi connectivity index (χ2v) is 8.12. The van der Waals surface area contributed by atoms with Crippen molar-refractivity contribution in [3.8, 4) is 0 Å². The number of aliphatic carboxylic acids is 1. The molecule has 1 aliphatic carbocycles. The van der Waals surface area contributed by atoms with Gasteiger partial charge in [0, 0.05) is 6.54 Å². The van der Waals surface area contributed by atoms with Gasteiger partial charge in [-0.05, 0) is 37.0 Å². The smallest absolute Gasteiger partial charge is 0.407 e. The molecule has 9 nitrogen and oxygen atoms in total. The lowest BCUT2D eigenvalue weighted by atomic mass is 10.1. The predicted octanol–water partition coefficient (Wildman–Crippen LogP) is 3.27. The molecule has 0 aromatic rings. The van der Waals surface area contributed by atoms with E-state index in [0.29, 0.717) is 77.2 Å². The Hall–Kier alpha value is -1.68. The molecule has 1 amide bonds. The molecule has 1 aliphatic rings. The highest BCUT2D eigenvalue weighted by molar-refractivity contribution is 5.67. The predicted molar refractivity (Wildman–Crippen MR) is 124 cm³/mol. The van der Waals surface area contributed by atoms with E-state index in [-0.39, 0.29) is 19.1 Å². The Morgan fingerprint density at radius 2 is 1.45 bits per heavy atom. The number of hydrogen-bond donors (Lipinski definition) is 2. The zero-order valence-corrected chi connectivity index (χ0v) is 20.1. The van der Waals surface area contributed by atoms with Crippen LogP contribution in [0.1, 0.15) is 45.4 Å². The van der Waals surface area contributed by atoms with Gasteiger partial charge in [-0.2, -0.15) is 0 Å². The fourth-order valence-electron chi connectivity index (χ4n) is 3.75. The lowest BCUT2D eigenvalue weighted by molar-refractivity contribution is -0.138. The highest BCUT2D eigenvalue weighted by atomic mass is 16.6. The monoisotopic (exact) mass is 473 g/mol. The van der Waals surface area contributed by atoms with Crippen LogP contribution in [-0.2, 0) is 28.5 Å². The second-order valence-electron chi connectivity index (χ2n) is 8.12. The Labute approximate surface area is 198 Å². The minimum absolute atomic E-state index is 0.00331. The highest BCUT2D eigenvalue weighted by Gasteiger charge is 2.48. The van der Waals surface area contributed by atoms with E-state index in [2.05, 4.69) is 18.8 Å². The van der Waals surface area contributed by atoms with Crippen molar-refractivity contribution in [3.05, 3.63) is 12.7 Å². The van der Waals surface area contributed by atoms with Crippen LogP contribution in [0.3, 0.4) is 0 Å². The van der Waals surface area contributed by atoms with Crippen molar-refractivity contribution in [1.82, 2.24) is 5.32 Å². The van der Waals surface area contributed by atoms with Crippen LogP contribution >= 0.6 is 0 Å². The van der Waals surface area contributed by atoms with E-state index in [0.717, 1.165) is 12.8 Å². The van der Waals surface area contributed by atoms with Crippen LogP contribution in [0.2, 0.25) is 0 Å². The number of carboxylic acid groups (broad SMARTS) is 1. The van der Waals surface area contributed by atoms with Crippen molar-refractivity contribution in [2.45, 2.75) is 45.4 Å². The summed E-state index contributed by atoms with van der Waals surface area (Å²) in [6, 6.07) is 0. The number of unbranched alkanes of at least 4 members (excludes halogenated alkanes) is 1. The van der Waals surface area contributed by atoms with Gasteiger partial charge in [-0.1, -0.05) is 25.8 Å². The lowest BCUT2D eigenvalue weighted by Crippen LogP contribution is -2.29. The molecular formula is C24H43NO8. The molecule has 9 heteroatoms. The largest absolute Gasteiger partial charge is 0.481 e. The third-order valence-corrected chi connectivity index (χ3v) is 5.60. The number of carbonyl (C=O) groups is 2. The maximum atomic E-state index is 11.9. The molecule has 0 aromatic carbocycles. The number of allylic oxidation sites excluding steroid dienone is 1. The molecule has 0 unspecified atom stereocenters. The molecule has 0 heterocycles. The topological polar surface area (TPSA) is 113 Å². The number of rotatable bonds is 23. The van der Waals surface area contributed by atoms with Gasteiger partial charge in [0.25, 0.3) is 0 Å². The summed E-state index contributed by atoms with van der Waals surface area (Å²) < 4.78 is 26.6. The molecule has 0 aliphatic heterocycles. The molecule has 33 heavy (non-hydrogen) atoms. The zero-order valence-electron chi connectivity index (χ0n) is 20.1. The van der Waals surface area contributed by atoms with E-state index >= 15 is 0 Å². The van der Waals surface area contributed by atoms with Crippen LogP contribution in [0, 0.1) is 17.8 Å². The Kier molecular flexibility index (Phi) is 17.6. The average Bonchev–Trinajstić information content (AvgIpc) is 3.47. The molecule has 1 rings (SSSR count). The summed E-state index contributed by atoms with van der Waals surface area (Å²) >= 11 is 0. The van der Waals surface area contributed by atoms with E-state index in [1.165, 1.54) is 19.3 Å². The van der Waals surface area contributed by atoms with Gasteiger partial charge in [0.15, 0.2) is 0 Å². The van der Waals surface area contributed by atoms with Gasteiger partial charge in [0.1, 0.15) is 0 Å². The van der Waals surface area contributed by atoms with Crippen molar-refractivity contribution in [3.63, 3.8) is 0 Å². The summed E-state index contributed by atoms with van der Waals surface area (Å²) in [5.74, 6) is 0.959. The Morgan fingerprint density at radius 1 is 0.879 bits per heavy atom. The van der Waals surface area contributed by atoms with E-state index in [1.807, 2.05) is 6.08 Å². The maximum Gasteiger partial charge on any atom is 0.407 e. The average molecular weight is 474 g/mol. The number of alkyl carbamates (subject to hydrolysis) is 1. The normalized spacial score (nSPS) is 19.2. The molecule has 2 N–H and O–H groups in total. The van der Waals surface area contributed by atoms with Crippen LogP contribution in [0.25, 0.3) is 0 Å². The molecule has 0 spiro atoms. The van der Waals surface area contributed by atoms with Gasteiger partial charge in [-0.25, -0.2) is 4.79 Å². The molecule has 0 aromatic heterocycles. The van der Waals surface area contributed by atoms with Crippen LogP contribution < -0.4 is 5.32 Å². The van der Waals surface area contributed by atoms with Crippen molar-refractivity contribution in [2.24, 2.45) is 17.8 Å². The molecular weight excluding hydrogens is 430 g/mol. The van der Waals surface area contributed by atoms with E-state index < -0.39 is 5.97 Å². The van der Waals surface area contributed by atoms with Gasteiger partial charge in [-0.3, -0.25) is 4.79 Å². The van der Waals surface area contributed by atoms with E-state index in [4.69, 9.17) is 28.8 Å². The van der Waals surface area contributed by atoms with Gasteiger partial charge in [0.05, 0.1) is 65.9 Å². The summed E-state index contributed by atoms with van der Waals surface area (Å²) in [5, 5.41) is 11.2. The summed E-state index contributed by atoms with van der Waals surface area (Å²) in [7, 11) is 0. The molecule has 0 saturated heterocycles. The van der Waals surface area contributed by atoms with Crippen molar-refractivity contribution >= 4 is 12.1 Å². The first-order valence-electron chi connectivity index (χ1n) is 12.1. The van der Waals surface area contributed by atoms with Crippen molar-refractivity contribution < 1.29 is 38.4 Å². The highest BCUT2D eigenvalue weighted by Crippen LogP contribution is 2.52. The van der Waals surface area contributed by atoms with Gasteiger partial charge in [0.2, 0.25) is 0 Å². The molecule has 1 fully saturated rings. The molecule has 1 saturated carbocycles. The first-order chi connectivity index (χ1) is 16.1. The van der Waals surface area contributed by atoms with Crippen LogP contribution in [0.4, 0.5) is 4.79 Å². The third kappa shape index (κ3) is 15.7. The van der Waals surface area contributed by atoms with Gasteiger partial charge >= 0.3 is 12.1 Å². The summed E-state index contributed by atoms with van der Waals surface area (Å²) in [6.45, 7) is 9.99. The maximum absolute atomic E-state index is 11.9. The number of carboxylic acids is 1. The minimum Gasteiger partial charge on any atom is -0.481 e. The summed E-state index contributed by atoms with van der Waals surface area (Å²) in [4.78, 5) is 22.2. The van der Waals surface area contributed by atoms with Gasteiger partial charge < -0.3 is 34.1 Å². The van der Waals surface area contributed by atoms with Crippen LogP contribution in [0.15, 0.2) is 12.7 Å². The first-order valence-corrected chi connectivity index (χ1v) is 12.1. The fourth-order valence-corrected chi connectivity index (χ4v) is 3.75. The SMILES string of the molecule is C=CCC[C@H]1[C@@H](CCCC)[C@H]1COC(=O)NCCOCCOCCOCCOCCC(=O)O. The van der Waals surface area contributed by atoms with E-state index in [9.17, 15) is 9.59 Å². The first kappa shape index (κ1) is 29.4. The minimum atomic E-state index is -0.875. The summed E-state index contributed by atoms with van der Waals surface area (Å²) in [6.07, 6.45) is 7.39.